The Balaban J connectivity index is 1.17. The Morgan fingerprint density at radius 2 is 0.708 bits per heavy atom. The zero-order valence-electron chi connectivity index (χ0n) is 36.2. The molecule has 0 saturated heterocycles. The molecule has 0 radical (unpaired) electrons. The van der Waals surface area contributed by atoms with Gasteiger partial charge >= 0.3 is 0 Å². The molecular formula is C61H44N4. The van der Waals surface area contributed by atoms with E-state index < -0.39 is 0 Å². The summed E-state index contributed by atoms with van der Waals surface area (Å²) in [6, 6.07) is 78.3. The molecule has 0 aliphatic rings. The summed E-state index contributed by atoms with van der Waals surface area (Å²) < 4.78 is 4.74. The number of para-hydroxylation sites is 2. The molecule has 0 spiro atoms. The lowest BCUT2D eigenvalue weighted by molar-refractivity contribution is 1.14. The first-order valence-electron chi connectivity index (χ1n) is 22.2. The molecule has 4 nitrogen and oxygen atoms in total. The van der Waals surface area contributed by atoms with Crippen LogP contribution in [0.3, 0.4) is 0 Å². The van der Waals surface area contributed by atoms with Crippen molar-refractivity contribution in [3.8, 4) is 67.3 Å². The topological polar surface area (TPSA) is 48.8 Å². The molecule has 0 saturated carbocycles. The first kappa shape index (κ1) is 38.2. The van der Waals surface area contributed by atoms with Crippen molar-refractivity contribution in [2.24, 2.45) is 0 Å². The average Bonchev–Trinajstić information content (AvgIpc) is 3.87. The predicted octanol–water partition coefficient (Wildman–Crippen LogP) is 15.8. The fraction of sp³-hybridized carbons (Fsp3) is 0.0328. The number of aromatic nitrogens is 3. The van der Waals surface area contributed by atoms with Gasteiger partial charge < -0.3 is 14.9 Å². The highest BCUT2D eigenvalue weighted by molar-refractivity contribution is 6.13. The molecule has 0 fully saturated rings. The van der Waals surface area contributed by atoms with Crippen molar-refractivity contribution in [2.45, 2.75) is 13.8 Å². The van der Waals surface area contributed by atoms with E-state index in [2.05, 4.69) is 241 Å². The Bertz CT molecular complexity index is 3560. The van der Waals surface area contributed by atoms with Gasteiger partial charge in [0.1, 0.15) is 0 Å². The maximum Gasteiger partial charge on any atom is 0.0804 e. The lowest BCUT2D eigenvalue weighted by atomic mass is 9.98. The van der Waals surface area contributed by atoms with Crippen LogP contribution in [0.2, 0.25) is 0 Å². The lowest BCUT2D eigenvalue weighted by Crippen LogP contribution is -2.07. The molecule has 3 heterocycles. The molecule has 12 rings (SSSR count). The second-order valence-electron chi connectivity index (χ2n) is 17.1. The first-order valence-corrected chi connectivity index (χ1v) is 22.2. The summed E-state index contributed by atoms with van der Waals surface area (Å²) in [5.41, 5.74) is 28.0. The van der Waals surface area contributed by atoms with E-state index in [1.807, 2.05) is 0 Å². The zero-order chi connectivity index (χ0) is 43.6. The molecule has 4 heteroatoms. The minimum absolute atomic E-state index is 0.686. The summed E-state index contributed by atoms with van der Waals surface area (Å²) in [6.07, 6.45) is 0. The molecule has 9 aromatic carbocycles. The molecule has 2 N–H and O–H groups in total. The number of nitrogens with zero attached hydrogens (tertiary/aromatic N) is 3. The molecule has 12 aromatic rings. The molecule has 65 heavy (non-hydrogen) atoms. The van der Waals surface area contributed by atoms with Crippen LogP contribution in [-0.4, -0.2) is 14.1 Å². The van der Waals surface area contributed by atoms with Gasteiger partial charge in [-0.25, -0.2) is 4.98 Å². The number of aryl methyl sites for hydroxylation is 2. The van der Waals surface area contributed by atoms with Crippen molar-refractivity contribution >= 4 is 49.3 Å². The van der Waals surface area contributed by atoms with Gasteiger partial charge in [-0.05, 0) is 119 Å². The third-order valence-electron chi connectivity index (χ3n) is 13.2. The quantitative estimate of drug-likeness (QED) is 0.163. The fourth-order valence-corrected chi connectivity index (χ4v) is 9.96. The summed E-state index contributed by atoms with van der Waals surface area (Å²) in [7, 11) is 0. The summed E-state index contributed by atoms with van der Waals surface area (Å²) in [5.74, 6) is 0. The standard InChI is InChI=1S/C61H44N4/c1-39-17-9-11-23-47(39)43-29-31-57-51(33-43)49-25-13-15-27-55(49)64(57)59-37-46(45-35-53(41-19-5-3-6-20-41)63-54(36-45)42-21-7-4-8-22-42)38-60(61(59)62)65-56-28-16-14-26-50(56)52-34-44(30-32-58(52)65)48-24-12-10-18-40(48)2/h3-38H,62H2,1-2H3. The third-order valence-corrected chi connectivity index (χ3v) is 13.2. The largest absolute Gasteiger partial charge is 0.395 e. The van der Waals surface area contributed by atoms with E-state index in [1.54, 1.807) is 0 Å². The molecule has 0 amide bonds. The molecule has 308 valence electrons. The minimum atomic E-state index is 0.686. The van der Waals surface area contributed by atoms with E-state index in [-0.39, 0.29) is 0 Å². The number of rotatable bonds is 7. The van der Waals surface area contributed by atoms with E-state index in [0.717, 1.165) is 67.1 Å². The van der Waals surface area contributed by atoms with Crippen LogP contribution in [0.5, 0.6) is 0 Å². The molecule has 0 bridgehead atoms. The van der Waals surface area contributed by atoms with Crippen molar-refractivity contribution in [3.05, 3.63) is 230 Å². The number of nitrogen functional groups attached to an aromatic ring is 1. The van der Waals surface area contributed by atoms with Crippen LogP contribution in [0, 0.1) is 13.8 Å². The molecule has 0 aliphatic heterocycles. The summed E-state index contributed by atoms with van der Waals surface area (Å²) in [6.45, 7) is 4.36. The van der Waals surface area contributed by atoms with Crippen molar-refractivity contribution in [1.82, 2.24) is 14.1 Å². The smallest absolute Gasteiger partial charge is 0.0804 e. The van der Waals surface area contributed by atoms with Crippen LogP contribution >= 0.6 is 0 Å². The van der Waals surface area contributed by atoms with Crippen LogP contribution in [0.15, 0.2) is 218 Å². The van der Waals surface area contributed by atoms with Crippen LogP contribution in [0.4, 0.5) is 5.69 Å². The van der Waals surface area contributed by atoms with Crippen LogP contribution < -0.4 is 5.73 Å². The van der Waals surface area contributed by atoms with E-state index in [0.29, 0.717) is 5.69 Å². The van der Waals surface area contributed by atoms with Crippen molar-refractivity contribution < 1.29 is 0 Å². The maximum atomic E-state index is 7.75. The third kappa shape index (κ3) is 6.41. The monoisotopic (exact) mass is 832 g/mol. The Morgan fingerprint density at radius 3 is 1.17 bits per heavy atom. The van der Waals surface area contributed by atoms with Gasteiger partial charge in [0.2, 0.25) is 0 Å². The Kier molecular flexibility index (Phi) is 9.06. The maximum absolute atomic E-state index is 7.75. The second-order valence-corrected chi connectivity index (χ2v) is 17.1. The number of hydrogen-bond acceptors (Lipinski definition) is 2. The summed E-state index contributed by atoms with van der Waals surface area (Å²) in [5, 5.41) is 4.70. The Hall–Kier alpha value is -8.47. The highest BCUT2D eigenvalue weighted by atomic mass is 15.0. The van der Waals surface area contributed by atoms with E-state index in [4.69, 9.17) is 10.7 Å². The number of hydrogen-bond donors (Lipinski definition) is 1. The van der Waals surface area contributed by atoms with E-state index in [1.165, 1.54) is 54.9 Å². The van der Waals surface area contributed by atoms with Crippen molar-refractivity contribution in [2.75, 3.05) is 5.73 Å². The fourth-order valence-electron chi connectivity index (χ4n) is 9.96. The number of anilines is 1. The molecule has 0 aliphatic carbocycles. The van der Waals surface area contributed by atoms with Crippen molar-refractivity contribution in [1.29, 1.82) is 0 Å². The highest BCUT2D eigenvalue weighted by Crippen LogP contribution is 2.44. The van der Waals surface area contributed by atoms with Gasteiger partial charge in [-0.2, -0.15) is 0 Å². The van der Waals surface area contributed by atoms with Crippen LogP contribution in [0.1, 0.15) is 11.1 Å². The summed E-state index contributed by atoms with van der Waals surface area (Å²) >= 11 is 0. The number of benzene rings is 9. The van der Waals surface area contributed by atoms with E-state index in [9.17, 15) is 0 Å². The Labute approximate surface area is 378 Å². The zero-order valence-corrected chi connectivity index (χ0v) is 36.2. The molecular weight excluding hydrogens is 789 g/mol. The van der Waals surface area contributed by atoms with E-state index >= 15 is 0 Å². The number of fused-ring (bicyclic) bond motifs is 6. The van der Waals surface area contributed by atoms with Gasteiger partial charge in [-0.15, -0.1) is 0 Å². The second kappa shape index (κ2) is 15.4. The van der Waals surface area contributed by atoms with Crippen molar-refractivity contribution in [3.63, 3.8) is 0 Å². The molecule has 3 aromatic heterocycles. The molecule has 0 atom stereocenters. The average molecular weight is 833 g/mol. The number of nitrogens with two attached hydrogens (primary N) is 1. The van der Waals surface area contributed by atoms with Gasteiger partial charge in [0.05, 0.1) is 50.5 Å². The van der Waals surface area contributed by atoms with Gasteiger partial charge in [0.15, 0.2) is 0 Å². The van der Waals surface area contributed by atoms with Gasteiger partial charge in [0, 0.05) is 32.7 Å². The predicted molar refractivity (Wildman–Crippen MR) is 274 cm³/mol. The summed E-state index contributed by atoms with van der Waals surface area (Å²) in [4.78, 5) is 5.27. The minimum Gasteiger partial charge on any atom is -0.395 e. The van der Waals surface area contributed by atoms with Crippen LogP contribution in [-0.2, 0) is 0 Å². The SMILES string of the molecule is Cc1ccccc1-c1ccc2c(c1)c1ccccc1n2-c1cc(-c2cc(-c3ccccc3)nc(-c3ccccc3)c2)cc(-n2c3ccccc3c3cc(-c4ccccc4C)ccc32)c1N. The van der Waals surface area contributed by atoms with Gasteiger partial charge in [0.25, 0.3) is 0 Å². The van der Waals surface area contributed by atoms with Gasteiger partial charge in [-0.3, -0.25) is 0 Å². The normalized spacial score (nSPS) is 11.6. The first-order chi connectivity index (χ1) is 32.0. The van der Waals surface area contributed by atoms with Crippen LogP contribution in [0.25, 0.3) is 111 Å². The number of pyridine rings is 1. The lowest BCUT2D eigenvalue weighted by Gasteiger charge is -2.20. The van der Waals surface area contributed by atoms with Gasteiger partial charge in [-0.1, -0.05) is 158 Å². The Morgan fingerprint density at radius 1 is 0.323 bits per heavy atom. The highest BCUT2D eigenvalue weighted by Gasteiger charge is 2.23. The molecule has 0 unspecified atom stereocenters.